The summed E-state index contributed by atoms with van der Waals surface area (Å²) >= 11 is 0. The van der Waals surface area contributed by atoms with Gasteiger partial charge in [-0.3, -0.25) is 19.7 Å². The Balaban J connectivity index is 1.71. The fraction of sp³-hybridized carbons (Fsp3) is 0.0667. The number of carbonyl (C=O) groups excluding carboxylic acids is 2. The van der Waals surface area contributed by atoms with Crippen LogP contribution in [0.25, 0.3) is 0 Å². The molecule has 2 aromatic rings. The number of nitro benzene ring substituents is 1. The van der Waals surface area contributed by atoms with Gasteiger partial charge in [-0.1, -0.05) is 12.1 Å². The van der Waals surface area contributed by atoms with Gasteiger partial charge >= 0.3 is 0 Å². The van der Waals surface area contributed by atoms with Crippen molar-refractivity contribution in [2.24, 2.45) is 0 Å². The summed E-state index contributed by atoms with van der Waals surface area (Å²) in [7, 11) is 0. The van der Waals surface area contributed by atoms with Crippen LogP contribution in [0.15, 0.2) is 48.5 Å². The summed E-state index contributed by atoms with van der Waals surface area (Å²) in [6, 6.07) is 11.9. The predicted molar refractivity (Wildman–Crippen MR) is 75.5 cm³/mol. The Morgan fingerprint density at radius 1 is 0.955 bits per heavy atom. The van der Waals surface area contributed by atoms with E-state index in [0.717, 1.165) is 4.90 Å². The van der Waals surface area contributed by atoms with Crippen molar-refractivity contribution in [3.63, 3.8) is 0 Å². The van der Waals surface area contributed by atoms with Gasteiger partial charge in [0, 0.05) is 12.1 Å². The van der Waals surface area contributed by atoms with Gasteiger partial charge in [0.05, 0.1) is 16.1 Å². The summed E-state index contributed by atoms with van der Waals surface area (Å²) in [5, 5.41) is 10.6. The lowest BCUT2D eigenvalue weighted by Gasteiger charge is -2.14. The van der Waals surface area contributed by atoms with Crippen molar-refractivity contribution < 1.29 is 19.2 Å². The molecule has 0 unspecified atom stereocenters. The van der Waals surface area contributed by atoms with Gasteiger partial charge in [0.25, 0.3) is 17.5 Å². The summed E-state index contributed by atoms with van der Waals surface area (Å²) in [5.41, 5.74) is 0.632. The maximum Gasteiger partial charge on any atom is 0.269 e. The van der Waals surface area contributed by atoms with Gasteiger partial charge < -0.3 is 4.74 Å². The Morgan fingerprint density at radius 3 is 2.00 bits per heavy atom. The highest BCUT2D eigenvalue weighted by Crippen LogP contribution is 2.23. The molecule has 1 heterocycles. The van der Waals surface area contributed by atoms with Crippen molar-refractivity contribution in [1.82, 2.24) is 4.90 Å². The van der Waals surface area contributed by atoms with Crippen LogP contribution in [0.4, 0.5) is 5.69 Å². The first-order valence-corrected chi connectivity index (χ1v) is 6.40. The molecule has 1 aliphatic rings. The molecule has 0 aromatic heterocycles. The number of nitrogens with zero attached hydrogens (tertiary/aromatic N) is 2. The lowest BCUT2D eigenvalue weighted by Crippen LogP contribution is -2.33. The molecule has 0 fully saturated rings. The third-order valence-corrected chi connectivity index (χ3v) is 3.29. The zero-order chi connectivity index (χ0) is 15.7. The van der Waals surface area contributed by atoms with E-state index in [1.165, 1.54) is 24.3 Å². The molecule has 0 saturated heterocycles. The molecular weight excluding hydrogens is 288 g/mol. The fourth-order valence-corrected chi connectivity index (χ4v) is 2.16. The first-order chi connectivity index (χ1) is 10.6. The van der Waals surface area contributed by atoms with Crippen LogP contribution in [0.5, 0.6) is 5.75 Å². The first-order valence-electron chi connectivity index (χ1n) is 6.40. The Labute approximate surface area is 124 Å². The van der Waals surface area contributed by atoms with Crippen molar-refractivity contribution in [3.05, 3.63) is 69.8 Å². The van der Waals surface area contributed by atoms with Crippen LogP contribution in [0.2, 0.25) is 0 Å². The third kappa shape index (κ3) is 2.28. The molecule has 0 aliphatic carbocycles. The number of hydrogen-bond donors (Lipinski definition) is 0. The monoisotopic (exact) mass is 298 g/mol. The maximum atomic E-state index is 12.1. The van der Waals surface area contributed by atoms with Crippen LogP contribution >= 0.6 is 0 Å². The van der Waals surface area contributed by atoms with E-state index in [0.29, 0.717) is 16.9 Å². The summed E-state index contributed by atoms with van der Waals surface area (Å²) in [4.78, 5) is 35.2. The van der Waals surface area contributed by atoms with Gasteiger partial charge in [-0.2, -0.15) is 0 Å². The minimum atomic E-state index is -0.520. The molecule has 0 atom stereocenters. The van der Waals surface area contributed by atoms with Crippen LogP contribution in [-0.4, -0.2) is 28.4 Å². The van der Waals surface area contributed by atoms with Crippen molar-refractivity contribution in [2.75, 3.05) is 6.73 Å². The average Bonchev–Trinajstić information content (AvgIpc) is 2.78. The number of imide groups is 1. The lowest BCUT2D eigenvalue weighted by atomic mass is 10.1. The lowest BCUT2D eigenvalue weighted by molar-refractivity contribution is -0.384. The molecule has 3 rings (SSSR count). The Bertz CT molecular complexity index is 735. The zero-order valence-corrected chi connectivity index (χ0v) is 11.3. The molecule has 0 N–H and O–H groups in total. The number of hydrogen-bond acceptors (Lipinski definition) is 5. The summed E-state index contributed by atoms with van der Waals surface area (Å²) in [6.45, 7) is -0.246. The highest BCUT2D eigenvalue weighted by molar-refractivity contribution is 6.21. The van der Waals surface area contributed by atoms with Crippen molar-refractivity contribution in [2.45, 2.75) is 0 Å². The number of rotatable bonds is 4. The molecule has 7 heteroatoms. The maximum absolute atomic E-state index is 12.1. The smallest absolute Gasteiger partial charge is 0.269 e. The van der Waals surface area contributed by atoms with E-state index in [1.807, 2.05) is 0 Å². The number of ether oxygens (including phenoxy) is 1. The number of fused-ring (bicyclic) bond motifs is 1. The minimum absolute atomic E-state index is 0.0620. The van der Waals surface area contributed by atoms with E-state index in [1.54, 1.807) is 24.3 Å². The van der Waals surface area contributed by atoms with E-state index in [4.69, 9.17) is 4.74 Å². The molecule has 22 heavy (non-hydrogen) atoms. The number of carbonyl (C=O) groups is 2. The van der Waals surface area contributed by atoms with Crippen LogP contribution in [-0.2, 0) is 0 Å². The molecule has 110 valence electrons. The van der Waals surface area contributed by atoms with Crippen LogP contribution in [0.3, 0.4) is 0 Å². The highest BCUT2D eigenvalue weighted by Gasteiger charge is 2.35. The molecular formula is C15H10N2O5. The summed E-state index contributed by atoms with van der Waals surface area (Å²) < 4.78 is 5.36. The predicted octanol–water partition coefficient (Wildman–Crippen LogP) is 2.23. The summed E-state index contributed by atoms with van der Waals surface area (Å²) in [5.74, 6) is -0.493. The van der Waals surface area contributed by atoms with Gasteiger partial charge in [0.15, 0.2) is 6.73 Å². The van der Waals surface area contributed by atoms with Crippen molar-refractivity contribution in [3.8, 4) is 5.75 Å². The first kappa shape index (κ1) is 13.7. The molecule has 0 bridgehead atoms. The SMILES string of the molecule is O=C1c2ccccc2C(=O)N1COc1ccc([N+](=O)[O-])cc1. The number of benzene rings is 2. The van der Waals surface area contributed by atoms with Gasteiger partial charge in [0.2, 0.25) is 0 Å². The number of amides is 2. The fourth-order valence-electron chi connectivity index (χ4n) is 2.16. The van der Waals surface area contributed by atoms with Gasteiger partial charge in [-0.15, -0.1) is 0 Å². The zero-order valence-electron chi connectivity index (χ0n) is 11.3. The second-order valence-electron chi connectivity index (χ2n) is 4.61. The average molecular weight is 298 g/mol. The van der Waals surface area contributed by atoms with Crippen LogP contribution in [0.1, 0.15) is 20.7 Å². The van der Waals surface area contributed by atoms with Gasteiger partial charge in [-0.25, -0.2) is 4.90 Å². The Hall–Kier alpha value is -3.22. The van der Waals surface area contributed by atoms with E-state index in [-0.39, 0.29) is 12.4 Å². The molecule has 0 saturated carbocycles. The van der Waals surface area contributed by atoms with E-state index in [9.17, 15) is 19.7 Å². The molecule has 7 nitrogen and oxygen atoms in total. The summed E-state index contributed by atoms with van der Waals surface area (Å²) in [6.07, 6.45) is 0. The van der Waals surface area contributed by atoms with E-state index in [2.05, 4.69) is 0 Å². The second kappa shape index (κ2) is 5.28. The van der Waals surface area contributed by atoms with Crippen molar-refractivity contribution in [1.29, 1.82) is 0 Å². The van der Waals surface area contributed by atoms with Crippen LogP contribution < -0.4 is 4.74 Å². The van der Waals surface area contributed by atoms with Gasteiger partial charge in [0.1, 0.15) is 5.75 Å². The standard InChI is InChI=1S/C15H10N2O5/c18-14-12-3-1-2-4-13(12)15(19)16(14)9-22-11-7-5-10(6-8-11)17(20)21/h1-8H,9H2. The topological polar surface area (TPSA) is 89.8 Å². The van der Waals surface area contributed by atoms with E-state index < -0.39 is 16.7 Å². The van der Waals surface area contributed by atoms with Crippen LogP contribution in [0, 0.1) is 10.1 Å². The second-order valence-corrected chi connectivity index (χ2v) is 4.61. The number of nitro groups is 1. The van der Waals surface area contributed by atoms with Crippen molar-refractivity contribution >= 4 is 17.5 Å². The molecule has 0 spiro atoms. The third-order valence-electron chi connectivity index (χ3n) is 3.29. The highest BCUT2D eigenvalue weighted by atomic mass is 16.6. The largest absolute Gasteiger partial charge is 0.473 e. The molecule has 2 amide bonds. The molecule has 2 aromatic carbocycles. The Morgan fingerprint density at radius 2 is 1.50 bits per heavy atom. The molecule has 1 aliphatic heterocycles. The quantitative estimate of drug-likeness (QED) is 0.490. The molecule has 0 radical (unpaired) electrons. The van der Waals surface area contributed by atoms with E-state index >= 15 is 0 Å². The normalized spacial score (nSPS) is 13.2. The number of non-ortho nitro benzene ring substituents is 1. The van der Waals surface area contributed by atoms with Gasteiger partial charge in [-0.05, 0) is 24.3 Å². The Kier molecular flexibility index (Phi) is 3.30. The minimum Gasteiger partial charge on any atom is -0.473 e.